The lowest BCUT2D eigenvalue weighted by atomic mass is 9.29. The average Bonchev–Trinajstić information content (AvgIpc) is 1.20. The number of rotatable bonds is 5. The van der Waals surface area contributed by atoms with Crippen LogP contribution in [0.25, 0.3) is 137 Å². The fraction of sp³-hybridized carbons (Fsp3) is 0.0217. The lowest BCUT2D eigenvalue weighted by Gasteiger charge is -2.43. The molecule has 0 spiro atoms. The van der Waals surface area contributed by atoms with Gasteiger partial charge in [-0.3, -0.25) is 8.61 Å². The second-order valence-electron chi connectivity index (χ2n) is 29.4. The van der Waals surface area contributed by atoms with E-state index in [1.165, 1.54) is 159 Å². The van der Waals surface area contributed by atoms with Crippen LogP contribution in [0.1, 0.15) is 0 Å². The first-order valence-corrected chi connectivity index (χ1v) is 38.9. The Bertz CT molecular complexity index is 7370. The summed E-state index contributed by atoms with van der Waals surface area (Å²) in [6.45, 7) is -0.489. The Kier molecular flexibility index (Phi) is 10.8. The Balaban J connectivity index is 0.749. The summed E-state index contributed by atoms with van der Waals surface area (Å²) in [7, 11) is 0. The molecule has 0 unspecified atom stereocenters. The molecule has 6 aliphatic rings. The molecular weight excluding hydrogens is 1330 g/mol. The summed E-state index contributed by atoms with van der Waals surface area (Å²) < 4.78 is 25.6. The van der Waals surface area contributed by atoms with Gasteiger partial charge in [-0.1, -0.05) is 194 Å². The Morgan fingerprint density at radius 1 is 0.255 bits per heavy atom. The van der Waals surface area contributed by atoms with E-state index >= 15 is 0 Å². The minimum absolute atomic E-state index is 0.115. The molecule has 0 saturated heterocycles. The monoisotopic (exact) mass is 1380 g/mol. The van der Waals surface area contributed by atoms with Crippen LogP contribution < -0.4 is 67.8 Å². The van der Waals surface area contributed by atoms with E-state index in [4.69, 9.17) is 4.74 Å². The summed E-state index contributed by atoms with van der Waals surface area (Å²) in [5, 5.41) is 16.7. The number of para-hydroxylation sites is 10. The average molecular weight is 1390 g/mol. The van der Waals surface area contributed by atoms with E-state index in [1.807, 2.05) is 0 Å². The van der Waals surface area contributed by atoms with Crippen molar-refractivity contribution in [2.75, 3.05) is 26.4 Å². The van der Waals surface area contributed by atoms with Crippen LogP contribution in [0.4, 0.5) is 34.1 Å². The molecule has 490 valence electrons. The number of fused-ring (bicyclic) bond motifs is 27. The van der Waals surface area contributed by atoms with E-state index in [2.05, 4.69) is 340 Å². The quantitative estimate of drug-likeness (QED) is 0.137. The number of nitrogens with zero attached hydrogens (tertiary/aromatic N) is 7. The molecule has 5 aromatic heterocycles. The van der Waals surface area contributed by atoms with Crippen molar-refractivity contribution in [1.29, 1.82) is 0 Å². The molecular formula is C92H55B3N8OS2. The zero-order chi connectivity index (χ0) is 68.8. The lowest BCUT2D eigenvalue weighted by molar-refractivity contribution is 0.487. The normalized spacial score (nSPS) is 13.9. The van der Waals surface area contributed by atoms with Crippen molar-refractivity contribution in [2.24, 2.45) is 0 Å². The number of hydrogen-bond acceptors (Lipinski definition) is 6. The zero-order valence-electron chi connectivity index (χ0n) is 57.3. The highest BCUT2D eigenvalue weighted by atomic mass is 32.2. The SMILES string of the molecule is CSN1c2cc3c(cc2B2c4cc5c(cc4Oc4cc(-n6c7ccccc7c7ccccc76)cc1c42)N(SC)c1cc(-n2c4ccccc4c4ccccc42)cc2c1B5c1cccc4c5ccccc5n-2c14)B1c2c(cc(-n4c5ccccc5c5ccccc54)cc2-n2c4ccccc4c4cccc1c42)N3. The maximum Gasteiger partial charge on any atom is 0.256 e. The molecule has 26 rings (SSSR count). The zero-order valence-corrected chi connectivity index (χ0v) is 58.9. The van der Waals surface area contributed by atoms with E-state index in [-0.39, 0.29) is 20.1 Å². The number of nitrogens with one attached hydrogen (secondary N) is 1. The number of anilines is 6. The van der Waals surface area contributed by atoms with Crippen LogP contribution >= 0.6 is 23.9 Å². The molecule has 0 amide bonds. The van der Waals surface area contributed by atoms with Crippen LogP contribution in [0.3, 0.4) is 0 Å². The van der Waals surface area contributed by atoms with Gasteiger partial charge in [-0.05, 0) is 158 Å². The second-order valence-corrected chi connectivity index (χ2v) is 30.9. The van der Waals surface area contributed by atoms with Crippen LogP contribution in [-0.2, 0) is 0 Å². The van der Waals surface area contributed by atoms with E-state index in [0.717, 1.165) is 73.5 Å². The molecule has 1 N–H and O–H groups in total. The van der Waals surface area contributed by atoms with Crippen molar-refractivity contribution < 1.29 is 4.74 Å². The van der Waals surface area contributed by atoms with Gasteiger partial charge in [-0.25, -0.2) is 0 Å². The summed E-state index contributed by atoms with van der Waals surface area (Å²) in [4.78, 5) is 0. The fourth-order valence-electron chi connectivity index (χ4n) is 20.7. The fourth-order valence-corrected chi connectivity index (χ4v) is 22.1. The molecule has 9 nitrogen and oxygen atoms in total. The van der Waals surface area contributed by atoms with Gasteiger partial charge in [-0.2, -0.15) is 0 Å². The van der Waals surface area contributed by atoms with Crippen molar-refractivity contribution >= 4 is 236 Å². The van der Waals surface area contributed by atoms with Crippen molar-refractivity contribution in [1.82, 2.24) is 22.8 Å². The molecule has 15 aromatic carbocycles. The van der Waals surface area contributed by atoms with Gasteiger partial charge in [0.25, 0.3) is 20.1 Å². The van der Waals surface area contributed by atoms with E-state index in [1.54, 1.807) is 23.9 Å². The second kappa shape index (κ2) is 20.2. The Morgan fingerprint density at radius 3 is 1.07 bits per heavy atom. The van der Waals surface area contributed by atoms with Crippen LogP contribution in [-0.4, -0.2) is 55.5 Å². The highest BCUT2D eigenvalue weighted by Gasteiger charge is 2.49. The van der Waals surface area contributed by atoms with Crippen LogP contribution in [0, 0.1) is 0 Å². The summed E-state index contributed by atoms with van der Waals surface area (Å²) in [5.74, 6) is 1.72. The maximum absolute atomic E-state index is 7.90. The van der Waals surface area contributed by atoms with Gasteiger partial charge in [0.05, 0.1) is 78.3 Å². The first-order chi connectivity index (χ1) is 52.5. The highest BCUT2D eigenvalue weighted by Crippen LogP contribution is 2.49. The van der Waals surface area contributed by atoms with E-state index in [0.29, 0.717) is 0 Å². The molecule has 0 saturated carbocycles. The third-order valence-electron chi connectivity index (χ3n) is 24.6. The van der Waals surface area contributed by atoms with Gasteiger partial charge < -0.3 is 32.9 Å². The van der Waals surface area contributed by atoms with Crippen molar-refractivity contribution in [3.8, 4) is 39.9 Å². The van der Waals surface area contributed by atoms with Gasteiger partial charge in [-0.15, -0.1) is 0 Å². The first kappa shape index (κ1) is 56.9. The van der Waals surface area contributed by atoms with E-state index < -0.39 is 0 Å². The van der Waals surface area contributed by atoms with Crippen LogP contribution in [0.15, 0.2) is 291 Å². The Morgan fingerprint density at radius 2 is 0.604 bits per heavy atom. The summed E-state index contributed by atoms with van der Waals surface area (Å²) in [6.07, 6.45) is 4.49. The van der Waals surface area contributed by atoms with Gasteiger partial charge in [0.15, 0.2) is 0 Å². The Hall–Kier alpha value is -12.6. The molecule has 14 heteroatoms. The predicted octanol–water partition coefficient (Wildman–Crippen LogP) is 17.0. The predicted molar refractivity (Wildman–Crippen MR) is 453 cm³/mol. The molecule has 20 aromatic rings. The maximum atomic E-state index is 7.90. The smallest absolute Gasteiger partial charge is 0.256 e. The third-order valence-corrected chi connectivity index (χ3v) is 26.2. The third kappa shape index (κ3) is 6.97. The minimum Gasteiger partial charge on any atom is -0.458 e. The number of ether oxygens (including phenoxy) is 1. The van der Waals surface area contributed by atoms with Gasteiger partial charge in [0, 0.05) is 118 Å². The molecule has 0 aliphatic carbocycles. The number of aromatic nitrogens is 5. The van der Waals surface area contributed by atoms with Gasteiger partial charge in [0.2, 0.25) is 0 Å². The standard InChI is InChI=1S/C92H55B3N8OS2/c1-105-102-80-49-70-66(93-64-31-19-29-62-60-27-9-17-39-78(60)100(91(62)64)82-42-51(41-71(96-70)88(82)93)97-72-33-11-3-21-54(72)55-22-4-12-34-73(55)97)47-67(80)95-69-48-68-81(50-86(69)104-87-46-53(45-85(102)90(87)95)99-76-37-15-7-25-58(76)59-26-8-16-38-77(59)99)103(106-2)84-44-52(98-74-35-13-5-23-56(74)57-24-6-14-36-75(57)98)43-83-89(84)94(68)65-32-20-30-63-61-28-10-18-40-79(61)101(83)92(63)65/h3-50,96H,1-2H3. The topological polar surface area (TPSA) is 52.4 Å². The highest BCUT2D eigenvalue weighted by molar-refractivity contribution is 8.00. The molecule has 0 bridgehead atoms. The molecule has 0 atom stereocenters. The molecule has 106 heavy (non-hydrogen) atoms. The van der Waals surface area contributed by atoms with Gasteiger partial charge >= 0.3 is 0 Å². The summed E-state index contributed by atoms with van der Waals surface area (Å²) in [6, 6.07) is 110. The lowest BCUT2D eigenvalue weighted by Crippen LogP contribution is -2.65. The van der Waals surface area contributed by atoms with Crippen molar-refractivity contribution in [2.45, 2.75) is 0 Å². The van der Waals surface area contributed by atoms with Gasteiger partial charge in [0.1, 0.15) is 11.5 Å². The van der Waals surface area contributed by atoms with Crippen LogP contribution in [0.2, 0.25) is 0 Å². The first-order valence-electron chi connectivity index (χ1n) is 36.6. The van der Waals surface area contributed by atoms with Crippen molar-refractivity contribution in [3.63, 3.8) is 0 Å². The molecule has 6 aliphatic heterocycles. The number of benzene rings is 15. The summed E-state index contributed by atoms with van der Waals surface area (Å²) >= 11 is 3.54. The van der Waals surface area contributed by atoms with Crippen molar-refractivity contribution in [3.05, 3.63) is 291 Å². The van der Waals surface area contributed by atoms with Crippen LogP contribution in [0.5, 0.6) is 11.5 Å². The van der Waals surface area contributed by atoms with E-state index in [9.17, 15) is 0 Å². The summed E-state index contributed by atoms with van der Waals surface area (Å²) in [5.41, 5.74) is 35.8. The number of hydrogen-bond donors (Lipinski definition) is 1. The molecule has 0 fully saturated rings. The minimum atomic E-state index is -0.244. The molecule has 11 heterocycles. The molecule has 0 radical (unpaired) electrons. The Labute approximate surface area is 617 Å². The largest absolute Gasteiger partial charge is 0.458 e.